The molecular weight excluding hydrogens is 160 g/mol. The van der Waals surface area contributed by atoms with Crippen molar-refractivity contribution < 1.29 is 4.79 Å². The molecule has 1 heteroatoms. The summed E-state index contributed by atoms with van der Waals surface area (Å²) in [5, 5.41) is 0. The van der Waals surface area contributed by atoms with E-state index >= 15 is 0 Å². The number of allylic oxidation sites excluding steroid dienone is 2. The highest BCUT2D eigenvalue weighted by molar-refractivity contribution is 6.00. The molecule has 1 nitrogen and oxygen atoms in total. The second kappa shape index (κ2) is 2.70. The summed E-state index contributed by atoms with van der Waals surface area (Å²) in [7, 11) is 0. The molecule has 2 fully saturated rings. The SMILES string of the molecule is O=C1C2=CCCCC2C2CCCC12. The normalized spacial score (nSPS) is 42.9. The summed E-state index contributed by atoms with van der Waals surface area (Å²) in [6, 6.07) is 0. The van der Waals surface area contributed by atoms with Gasteiger partial charge in [-0.2, -0.15) is 0 Å². The Morgan fingerprint density at radius 1 is 1.08 bits per heavy atom. The van der Waals surface area contributed by atoms with E-state index in [1.807, 2.05) is 0 Å². The molecule has 13 heavy (non-hydrogen) atoms. The van der Waals surface area contributed by atoms with E-state index in [-0.39, 0.29) is 0 Å². The topological polar surface area (TPSA) is 17.1 Å². The number of Topliss-reactive ketones (excluding diaryl/α,β-unsaturated/α-hetero) is 1. The zero-order chi connectivity index (χ0) is 8.84. The van der Waals surface area contributed by atoms with Gasteiger partial charge in [0.15, 0.2) is 5.78 Å². The number of carbonyl (C=O) groups is 1. The van der Waals surface area contributed by atoms with Crippen molar-refractivity contribution in [1.29, 1.82) is 0 Å². The molecule has 3 rings (SSSR count). The molecule has 3 atom stereocenters. The fourth-order valence-electron chi connectivity index (χ4n) is 3.64. The first-order chi connectivity index (χ1) is 6.38. The lowest BCUT2D eigenvalue weighted by molar-refractivity contribution is -0.118. The lowest BCUT2D eigenvalue weighted by Crippen LogP contribution is -2.12. The Labute approximate surface area is 79.2 Å². The van der Waals surface area contributed by atoms with Crippen LogP contribution in [-0.2, 0) is 4.79 Å². The quantitative estimate of drug-likeness (QED) is 0.554. The van der Waals surface area contributed by atoms with Crippen molar-refractivity contribution in [3.05, 3.63) is 11.6 Å². The average molecular weight is 176 g/mol. The third-order valence-electron chi connectivity index (χ3n) is 4.19. The van der Waals surface area contributed by atoms with Crippen molar-refractivity contribution in [2.75, 3.05) is 0 Å². The van der Waals surface area contributed by atoms with Crippen molar-refractivity contribution in [2.45, 2.75) is 38.5 Å². The molecule has 0 amide bonds. The van der Waals surface area contributed by atoms with Gasteiger partial charge in [-0.05, 0) is 49.5 Å². The molecule has 0 aliphatic heterocycles. The lowest BCUT2D eigenvalue weighted by atomic mass is 9.83. The highest BCUT2D eigenvalue weighted by Gasteiger charge is 2.48. The smallest absolute Gasteiger partial charge is 0.162 e. The number of ketones is 1. The van der Waals surface area contributed by atoms with E-state index in [2.05, 4.69) is 6.08 Å². The first-order valence-electron chi connectivity index (χ1n) is 5.62. The van der Waals surface area contributed by atoms with Gasteiger partial charge in [-0.15, -0.1) is 0 Å². The maximum absolute atomic E-state index is 12.0. The molecule has 3 aliphatic carbocycles. The Bertz CT molecular complexity index is 277. The Balaban J connectivity index is 1.99. The summed E-state index contributed by atoms with van der Waals surface area (Å²) in [5.74, 6) is 2.38. The standard InChI is InChI=1S/C12H16O/c13-12-10-5-2-1-4-8(10)9-6-3-7-11(9)12/h5,8-9,11H,1-4,6-7H2. The number of hydrogen-bond acceptors (Lipinski definition) is 1. The van der Waals surface area contributed by atoms with Crippen molar-refractivity contribution in [3.8, 4) is 0 Å². The summed E-state index contributed by atoms with van der Waals surface area (Å²) in [4.78, 5) is 12.0. The van der Waals surface area contributed by atoms with E-state index in [1.54, 1.807) is 0 Å². The molecule has 0 aromatic heterocycles. The van der Waals surface area contributed by atoms with Crippen LogP contribution in [0.25, 0.3) is 0 Å². The van der Waals surface area contributed by atoms with Crippen LogP contribution in [0.1, 0.15) is 38.5 Å². The fraction of sp³-hybridized carbons (Fsp3) is 0.750. The Kier molecular flexibility index (Phi) is 1.61. The third-order valence-corrected chi connectivity index (χ3v) is 4.19. The molecule has 0 N–H and O–H groups in total. The van der Waals surface area contributed by atoms with Crippen LogP contribution in [0.15, 0.2) is 11.6 Å². The van der Waals surface area contributed by atoms with Crippen molar-refractivity contribution in [3.63, 3.8) is 0 Å². The maximum Gasteiger partial charge on any atom is 0.162 e. The van der Waals surface area contributed by atoms with E-state index in [0.29, 0.717) is 17.6 Å². The van der Waals surface area contributed by atoms with Crippen LogP contribution >= 0.6 is 0 Å². The van der Waals surface area contributed by atoms with Crippen LogP contribution in [0.4, 0.5) is 0 Å². The molecule has 0 heterocycles. The highest BCUT2D eigenvalue weighted by Crippen LogP contribution is 2.51. The Morgan fingerprint density at radius 3 is 2.85 bits per heavy atom. The fourth-order valence-corrected chi connectivity index (χ4v) is 3.64. The van der Waals surface area contributed by atoms with E-state index in [4.69, 9.17) is 0 Å². The first-order valence-corrected chi connectivity index (χ1v) is 5.62. The van der Waals surface area contributed by atoms with Gasteiger partial charge in [0.1, 0.15) is 0 Å². The average Bonchev–Trinajstić information content (AvgIpc) is 2.72. The number of rotatable bonds is 0. The van der Waals surface area contributed by atoms with Gasteiger partial charge in [0.25, 0.3) is 0 Å². The van der Waals surface area contributed by atoms with Crippen molar-refractivity contribution >= 4 is 5.78 Å². The van der Waals surface area contributed by atoms with E-state index < -0.39 is 0 Å². The Hall–Kier alpha value is -0.590. The van der Waals surface area contributed by atoms with Gasteiger partial charge in [-0.1, -0.05) is 12.5 Å². The molecule has 3 unspecified atom stereocenters. The van der Waals surface area contributed by atoms with Crippen LogP contribution in [0.2, 0.25) is 0 Å². The van der Waals surface area contributed by atoms with Crippen LogP contribution in [0.5, 0.6) is 0 Å². The van der Waals surface area contributed by atoms with Gasteiger partial charge in [-0.3, -0.25) is 4.79 Å². The van der Waals surface area contributed by atoms with E-state index in [1.165, 1.54) is 37.7 Å². The number of carbonyl (C=O) groups excluding carboxylic acids is 1. The molecule has 0 radical (unpaired) electrons. The van der Waals surface area contributed by atoms with Crippen molar-refractivity contribution in [2.24, 2.45) is 17.8 Å². The number of fused-ring (bicyclic) bond motifs is 3. The molecule has 0 spiro atoms. The second-order valence-corrected chi connectivity index (χ2v) is 4.76. The Morgan fingerprint density at radius 2 is 1.92 bits per heavy atom. The van der Waals surface area contributed by atoms with Gasteiger partial charge in [0, 0.05) is 5.92 Å². The minimum Gasteiger partial charge on any atom is -0.294 e. The molecule has 0 saturated heterocycles. The summed E-state index contributed by atoms with van der Waals surface area (Å²) < 4.78 is 0. The molecule has 0 bridgehead atoms. The second-order valence-electron chi connectivity index (χ2n) is 4.76. The first kappa shape index (κ1) is 7.78. The zero-order valence-corrected chi connectivity index (χ0v) is 7.96. The minimum absolute atomic E-state index is 0.439. The van der Waals surface area contributed by atoms with Crippen LogP contribution in [0.3, 0.4) is 0 Å². The van der Waals surface area contributed by atoms with Gasteiger partial charge >= 0.3 is 0 Å². The molecule has 3 aliphatic rings. The lowest BCUT2D eigenvalue weighted by Gasteiger charge is -2.21. The summed E-state index contributed by atoms with van der Waals surface area (Å²) in [6.45, 7) is 0. The van der Waals surface area contributed by atoms with Gasteiger partial charge in [0.2, 0.25) is 0 Å². The van der Waals surface area contributed by atoms with Crippen LogP contribution in [-0.4, -0.2) is 5.78 Å². The summed E-state index contributed by atoms with van der Waals surface area (Å²) in [5.41, 5.74) is 1.22. The van der Waals surface area contributed by atoms with E-state index in [9.17, 15) is 4.79 Å². The predicted octanol–water partition coefficient (Wildman–Crippen LogP) is 2.71. The third kappa shape index (κ3) is 0.962. The van der Waals surface area contributed by atoms with Crippen molar-refractivity contribution in [1.82, 2.24) is 0 Å². The van der Waals surface area contributed by atoms with Crippen LogP contribution < -0.4 is 0 Å². The van der Waals surface area contributed by atoms with Crippen LogP contribution in [0, 0.1) is 17.8 Å². The molecule has 2 saturated carbocycles. The summed E-state index contributed by atoms with van der Waals surface area (Å²) in [6.07, 6.45) is 9.77. The van der Waals surface area contributed by atoms with Gasteiger partial charge in [-0.25, -0.2) is 0 Å². The summed E-state index contributed by atoms with van der Waals surface area (Å²) >= 11 is 0. The number of hydrogen-bond donors (Lipinski definition) is 0. The molecule has 70 valence electrons. The monoisotopic (exact) mass is 176 g/mol. The molecule has 0 aromatic rings. The largest absolute Gasteiger partial charge is 0.294 e. The molecular formula is C12H16O. The van der Waals surface area contributed by atoms with Gasteiger partial charge < -0.3 is 0 Å². The molecule has 0 aromatic carbocycles. The maximum atomic E-state index is 12.0. The zero-order valence-electron chi connectivity index (χ0n) is 7.96. The minimum atomic E-state index is 0.439. The highest BCUT2D eigenvalue weighted by atomic mass is 16.1. The predicted molar refractivity (Wildman–Crippen MR) is 51.3 cm³/mol. The van der Waals surface area contributed by atoms with E-state index in [0.717, 1.165) is 12.3 Å². The van der Waals surface area contributed by atoms with Gasteiger partial charge in [0.05, 0.1) is 0 Å².